The summed E-state index contributed by atoms with van der Waals surface area (Å²) < 4.78 is 20.8. The van der Waals surface area contributed by atoms with Crippen molar-refractivity contribution in [1.82, 2.24) is 8.43 Å². The van der Waals surface area contributed by atoms with E-state index in [-0.39, 0.29) is 17.7 Å². The maximum Gasteiger partial charge on any atom is 0.197 e. The van der Waals surface area contributed by atoms with Gasteiger partial charge in [-0.15, -0.1) is 0 Å². The van der Waals surface area contributed by atoms with Crippen molar-refractivity contribution >= 4 is 34.8 Å². The van der Waals surface area contributed by atoms with Gasteiger partial charge in [0.05, 0.1) is 29.4 Å². The molecule has 0 spiro atoms. The maximum absolute atomic E-state index is 13.3. The molecular weight excluding hydrogens is 512 g/mol. The first kappa shape index (κ1) is 24.7. The van der Waals surface area contributed by atoms with Gasteiger partial charge in [-0.1, -0.05) is 18.2 Å². The molecule has 0 aliphatic heterocycles. The molecule has 2 aromatic carbocycles. The second-order valence-corrected chi connectivity index (χ2v) is 8.00. The van der Waals surface area contributed by atoms with Gasteiger partial charge in [0, 0.05) is 18.7 Å². The van der Waals surface area contributed by atoms with Gasteiger partial charge in [0.2, 0.25) is 0 Å². The molecule has 0 heterocycles. The molecule has 10 heteroatoms. The van der Waals surface area contributed by atoms with Crippen molar-refractivity contribution in [3.05, 3.63) is 53.8 Å². The summed E-state index contributed by atoms with van der Waals surface area (Å²) in [6, 6.07) is 12.3. The van der Waals surface area contributed by atoms with Crippen LogP contribution in [0.4, 0.5) is 4.39 Å². The first-order valence-corrected chi connectivity index (χ1v) is 10.9. The fourth-order valence-corrected chi connectivity index (χ4v) is 3.20. The third kappa shape index (κ3) is 8.97. The van der Waals surface area contributed by atoms with Crippen LogP contribution < -0.4 is 27.3 Å². The summed E-state index contributed by atoms with van der Waals surface area (Å²) in [6.45, 7) is 2.90. The number of nitrogens with one attached hydrogen (secondary N) is 2. The number of unbranched alkanes of at least 4 members (excludes halogenated alkanes) is 1. The van der Waals surface area contributed by atoms with E-state index >= 15 is 0 Å². The fraction of sp³-hybridized carbons (Fsp3) is 0.333. The molecule has 0 saturated heterocycles. The largest absolute Gasteiger partial charge is 0.491 e. The molecular formula is C21H29FIN7O. The monoisotopic (exact) mass is 541 g/mol. The Labute approximate surface area is 196 Å². The third-order valence-electron chi connectivity index (χ3n) is 4.42. The number of ether oxygens (including phenoxy) is 1. The average molecular weight is 541 g/mol. The standard InChI is InChI=1S/C21H29FIN7O/c22-18-6-3-15(4-7-18)16-5-8-19(31-12-10-29-20(24)25)17(13-16)14-28-9-1-2-11-30(23)21(26)27/h3-8,13,28H,1-2,9-12,14H2,(H3,26,27)(H4,24,25,29). The highest BCUT2D eigenvalue weighted by Gasteiger charge is 2.08. The van der Waals surface area contributed by atoms with E-state index in [1.165, 1.54) is 12.1 Å². The highest BCUT2D eigenvalue weighted by atomic mass is 127. The van der Waals surface area contributed by atoms with Crippen LogP contribution in [0.25, 0.3) is 11.1 Å². The zero-order valence-corrected chi connectivity index (χ0v) is 19.4. The number of benzene rings is 2. The summed E-state index contributed by atoms with van der Waals surface area (Å²) in [7, 11) is 0. The predicted octanol–water partition coefficient (Wildman–Crippen LogP) is 2.56. The van der Waals surface area contributed by atoms with Gasteiger partial charge in [0.15, 0.2) is 11.9 Å². The topological polar surface area (TPSA) is 139 Å². The van der Waals surface area contributed by atoms with Crippen LogP contribution in [0.1, 0.15) is 18.4 Å². The van der Waals surface area contributed by atoms with E-state index in [2.05, 4.69) is 10.3 Å². The number of hydrogen-bond donors (Lipinski definition) is 5. The molecule has 0 radical (unpaired) electrons. The zero-order valence-electron chi connectivity index (χ0n) is 17.3. The van der Waals surface area contributed by atoms with E-state index in [0.717, 1.165) is 48.4 Å². The minimum atomic E-state index is -0.264. The number of hydrogen-bond acceptors (Lipinski definition) is 4. The Morgan fingerprint density at radius 3 is 2.48 bits per heavy atom. The van der Waals surface area contributed by atoms with E-state index < -0.39 is 0 Å². The molecule has 31 heavy (non-hydrogen) atoms. The van der Waals surface area contributed by atoms with E-state index in [4.69, 9.17) is 27.3 Å². The molecule has 8 N–H and O–H groups in total. The lowest BCUT2D eigenvalue weighted by atomic mass is 10.0. The molecule has 0 bridgehead atoms. The molecule has 0 fully saturated rings. The van der Waals surface area contributed by atoms with Crippen LogP contribution in [0, 0.1) is 11.2 Å². The van der Waals surface area contributed by atoms with Crippen LogP contribution in [-0.2, 0) is 6.54 Å². The molecule has 0 unspecified atom stereocenters. The lowest BCUT2D eigenvalue weighted by Gasteiger charge is -2.15. The van der Waals surface area contributed by atoms with Gasteiger partial charge in [-0.05, 0) is 54.8 Å². The zero-order chi connectivity index (χ0) is 22.6. The molecule has 0 saturated carbocycles. The highest BCUT2D eigenvalue weighted by Crippen LogP contribution is 2.27. The van der Waals surface area contributed by atoms with Gasteiger partial charge < -0.3 is 27.3 Å². The summed E-state index contributed by atoms with van der Waals surface area (Å²) in [5.41, 5.74) is 19.0. The van der Waals surface area contributed by atoms with E-state index in [1.807, 2.05) is 41.1 Å². The Kier molecular flexibility index (Phi) is 10.3. The van der Waals surface area contributed by atoms with E-state index in [0.29, 0.717) is 19.7 Å². The molecule has 8 nitrogen and oxygen atoms in total. The van der Waals surface area contributed by atoms with Gasteiger partial charge in [-0.2, -0.15) is 0 Å². The van der Waals surface area contributed by atoms with Gasteiger partial charge in [-0.25, -0.2) is 4.39 Å². The van der Waals surface area contributed by atoms with Crippen molar-refractivity contribution in [2.24, 2.45) is 22.2 Å². The first-order valence-electron chi connectivity index (χ1n) is 9.92. The summed E-state index contributed by atoms with van der Waals surface area (Å²) in [5.74, 6) is 0.583. The first-order chi connectivity index (χ1) is 14.9. The Balaban J connectivity index is 1.99. The van der Waals surface area contributed by atoms with Crippen LogP contribution in [0.3, 0.4) is 0 Å². The number of rotatable bonds is 12. The van der Waals surface area contributed by atoms with E-state index in [1.54, 1.807) is 15.2 Å². The minimum absolute atomic E-state index is 0.0342. The van der Waals surface area contributed by atoms with Gasteiger partial charge in [0.1, 0.15) is 18.2 Å². The van der Waals surface area contributed by atoms with Crippen molar-refractivity contribution < 1.29 is 9.13 Å². The lowest BCUT2D eigenvalue weighted by molar-refractivity contribution is 0.324. The molecule has 2 rings (SSSR count). The van der Waals surface area contributed by atoms with Crippen LogP contribution in [0.2, 0.25) is 0 Å². The predicted molar refractivity (Wildman–Crippen MR) is 132 cm³/mol. The summed E-state index contributed by atoms with van der Waals surface area (Å²) in [5, 5.41) is 10.8. The molecule has 0 aliphatic carbocycles. The Morgan fingerprint density at radius 2 is 1.81 bits per heavy atom. The molecule has 0 aromatic heterocycles. The Morgan fingerprint density at radius 1 is 1.10 bits per heavy atom. The highest BCUT2D eigenvalue weighted by molar-refractivity contribution is 14.1. The second-order valence-electron chi connectivity index (χ2n) is 6.84. The Bertz CT molecular complexity index is 873. The molecule has 2 aromatic rings. The van der Waals surface area contributed by atoms with Crippen LogP contribution >= 0.6 is 22.9 Å². The summed E-state index contributed by atoms with van der Waals surface area (Å²) in [4.78, 5) is 3.93. The smallest absolute Gasteiger partial charge is 0.197 e. The van der Waals surface area contributed by atoms with Gasteiger partial charge in [-0.3, -0.25) is 13.5 Å². The van der Waals surface area contributed by atoms with Crippen molar-refractivity contribution in [1.29, 1.82) is 5.41 Å². The third-order valence-corrected chi connectivity index (χ3v) is 5.42. The minimum Gasteiger partial charge on any atom is -0.491 e. The summed E-state index contributed by atoms with van der Waals surface area (Å²) >= 11 is 2.04. The normalized spacial score (nSPS) is 10.5. The lowest BCUT2D eigenvalue weighted by Crippen LogP contribution is -2.29. The van der Waals surface area contributed by atoms with Crippen LogP contribution in [0.15, 0.2) is 47.5 Å². The fourth-order valence-electron chi connectivity index (χ4n) is 2.85. The quantitative estimate of drug-likeness (QED) is 0.0921. The van der Waals surface area contributed by atoms with Crippen molar-refractivity contribution in [2.75, 3.05) is 26.2 Å². The van der Waals surface area contributed by atoms with Gasteiger partial charge >= 0.3 is 0 Å². The maximum atomic E-state index is 13.3. The van der Waals surface area contributed by atoms with Gasteiger partial charge in [0.25, 0.3) is 0 Å². The second kappa shape index (κ2) is 13.0. The Hall–Kier alpha value is -2.60. The number of nitrogens with two attached hydrogens (primary N) is 3. The number of nitrogens with zero attached hydrogens (tertiary/aromatic N) is 2. The van der Waals surface area contributed by atoms with Crippen LogP contribution in [-0.4, -0.2) is 41.3 Å². The average Bonchev–Trinajstić information content (AvgIpc) is 2.74. The van der Waals surface area contributed by atoms with Crippen LogP contribution in [0.5, 0.6) is 5.75 Å². The molecule has 0 aliphatic rings. The van der Waals surface area contributed by atoms with Crippen molar-refractivity contribution in [3.63, 3.8) is 0 Å². The van der Waals surface area contributed by atoms with Crippen molar-refractivity contribution in [3.8, 4) is 16.9 Å². The SMILES string of the molecule is N=C(N)N(I)CCCCNCc1cc(-c2ccc(F)cc2)ccc1OCCN=C(N)N. The van der Waals surface area contributed by atoms with E-state index in [9.17, 15) is 4.39 Å². The number of guanidine groups is 2. The number of aliphatic imine (C=N–C) groups is 1. The molecule has 0 amide bonds. The molecule has 168 valence electrons. The molecule has 0 atom stereocenters. The number of halogens is 2. The summed E-state index contributed by atoms with van der Waals surface area (Å²) in [6.07, 6.45) is 1.87. The van der Waals surface area contributed by atoms with Crippen molar-refractivity contribution in [2.45, 2.75) is 19.4 Å².